The number of esters is 1. The molecule has 0 spiro atoms. The Morgan fingerprint density at radius 3 is 1.24 bits per heavy atom. The fourth-order valence-corrected chi connectivity index (χ4v) is 5.64. The molecule has 0 aromatic heterocycles. The second kappa shape index (κ2) is 22.0. The molecule has 4 rings (SSSR count). The van der Waals surface area contributed by atoms with E-state index in [1.165, 1.54) is 13.0 Å². The van der Waals surface area contributed by atoms with Crippen LogP contribution >= 0.6 is 0 Å². The minimum absolute atomic E-state index is 0.168. The SMILES string of the molecule is C/C(=C\[C@@H](Cc1ccc(-c2ccccc2)cc1)NC(=O)OC(C)(C)C)C(=O)O.CCOC(=O)/C(C)=C/[C@@H](Cc1ccc(-c2ccccc2)cc1)NC(=O)OC(C)(C)C. The molecule has 2 amide bonds. The third-order valence-electron chi connectivity index (χ3n) is 8.27. The topological polar surface area (TPSA) is 140 Å². The van der Waals surface area contributed by atoms with Crippen LogP contribution in [0.3, 0.4) is 0 Å². The highest BCUT2D eigenvalue weighted by molar-refractivity contribution is 5.88. The first-order valence-corrected chi connectivity index (χ1v) is 19.4. The lowest BCUT2D eigenvalue weighted by atomic mass is 10.00. The van der Waals surface area contributed by atoms with Crippen LogP contribution in [0, 0.1) is 0 Å². The fourth-order valence-electron chi connectivity index (χ4n) is 5.64. The molecule has 308 valence electrons. The van der Waals surface area contributed by atoms with Gasteiger partial charge in [-0.1, -0.05) is 121 Å². The molecule has 4 aromatic rings. The van der Waals surface area contributed by atoms with Crippen molar-refractivity contribution >= 4 is 24.1 Å². The molecule has 0 aliphatic heterocycles. The van der Waals surface area contributed by atoms with E-state index in [0.29, 0.717) is 25.0 Å². The number of carboxylic acids is 1. The lowest BCUT2D eigenvalue weighted by molar-refractivity contribution is -0.138. The number of aliphatic carboxylic acids is 1. The highest BCUT2D eigenvalue weighted by Crippen LogP contribution is 2.22. The quantitative estimate of drug-likeness (QED) is 0.0691. The van der Waals surface area contributed by atoms with Crippen molar-refractivity contribution in [2.45, 2.75) is 98.4 Å². The second-order valence-electron chi connectivity index (χ2n) is 15.8. The Morgan fingerprint density at radius 1 is 0.569 bits per heavy atom. The van der Waals surface area contributed by atoms with Gasteiger partial charge in [-0.25, -0.2) is 19.2 Å². The molecule has 0 saturated heterocycles. The van der Waals surface area contributed by atoms with Gasteiger partial charge in [0.05, 0.1) is 18.7 Å². The summed E-state index contributed by atoms with van der Waals surface area (Å²) in [6.45, 7) is 16.0. The molecule has 0 saturated carbocycles. The zero-order valence-electron chi connectivity index (χ0n) is 35.1. The number of hydrogen-bond acceptors (Lipinski definition) is 7. The van der Waals surface area contributed by atoms with Gasteiger partial charge in [-0.05, 0) is 109 Å². The van der Waals surface area contributed by atoms with E-state index in [4.69, 9.17) is 19.3 Å². The second-order valence-corrected chi connectivity index (χ2v) is 15.8. The van der Waals surface area contributed by atoms with Crippen LogP contribution in [0.5, 0.6) is 0 Å². The summed E-state index contributed by atoms with van der Waals surface area (Å²) in [6.07, 6.45) is 3.13. The van der Waals surface area contributed by atoms with Gasteiger partial charge in [0.25, 0.3) is 0 Å². The molecule has 0 unspecified atom stereocenters. The fraction of sp³-hybridized carbons (Fsp3) is 0.333. The Morgan fingerprint density at radius 2 is 0.914 bits per heavy atom. The van der Waals surface area contributed by atoms with Crippen LogP contribution in [0.25, 0.3) is 22.3 Å². The van der Waals surface area contributed by atoms with Crippen LogP contribution in [0.2, 0.25) is 0 Å². The minimum Gasteiger partial charge on any atom is -0.478 e. The van der Waals surface area contributed by atoms with E-state index in [1.807, 2.05) is 106 Å². The number of hydrogen-bond donors (Lipinski definition) is 3. The maximum absolute atomic E-state index is 12.3. The molecule has 58 heavy (non-hydrogen) atoms. The molecule has 3 N–H and O–H groups in total. The van der Waals surface area contributed by atoms with Crippen molar-refractivity contribution < 1.29 is 38.5 Å². The van der Waals surface area contributed by atoms with Gasteiger partial charge in [0, 0.05) is 11.1 Å². The average Bonchev–Trinajstić information content (AvgIpc) is 3.15. The average molecular weight is 791 g/mol. The van der Waals surface area contributed by atoms with Crippen molar-refractivity contribution in [2.24, 2.45) is 0 Å². The highest BCUT2D eigenvalue weighted by atomic mass is 16.6. The van der Waals surface area contributed by atoms with Gasteiger partial charge < -0.3 is 30.0 Å². The van der Waals surface area contributed by atoms with E-state index in [1.54, 1.807) is 40.7 Å². The molecule has 0 aliphatic rings. The number of carbonyl (C=O) groups excluding carboxylic acids is 3. The lowest BCUT2D eigenvalue weighted by Crippen LogP contribution is -2.39. The summed E-state index contributed by atoms with van der Waals surface area (Å²) in [6, 6.07) is 35.4. The molecule has 0 radical (unpaired) electrons. The Balaban J connectivity index is 0.000000311. The maximum Gasteiger partial charge on any atom is 0.408 e. The van der Waals surface area contributed by atoms with Crippen LogP contribution in [-0.2, 0) is 36.6 Å². The van der Waals surface area contributed by atoms with Gasteiger partial charge in [0.1, 0.15) is 11.2 Å². The van der Waals surface area contributed by atoms with Gasteiger partial charge in [0.15, 0.2) is 0 Å². The summed E-state index contributed by atoms with van der Waals surface area (Å²) < 4.78 is 15.7. The molecular formula is C48H58N2O8. The summed E-state index contributed by atoms with van der Waals surface area (Å²) in [5, 5.41) is 14.8. The molecule has 0 fully saturated rings. The van der Waals surface area contributed by atoms with Crippen molar-refractivity contribution in [1.29, 1.82) is 0 Å². The van der Waals surface area contributed by atoms with Gasteiger partial charge >= 0.3 is 24.1 Å². The number of amides is 2. The number of carbonyl (C=O) groups is 4. The Labute approximate surface area is 343 Å². The predicted octanol–water partition coefficient (Wildman–Crippen LogP) is 10.1. The third-order valence-corrected chi connectivity index (χ3v) is 8.27. The first kappa shape index (κ1) is 46.2. The monoisotopic (exact) mass is 790 g/mol. The van der Waals surface area contributed by atoms with E-state index >= 15 is 0 Å². The number of carboxylic acid groups (broad SMARTS) is 1. The Kier molecular flexibility index (Phi) is 17.5. The van der Waals surface area contributed by atoms with Crippen molar-refractivity contribution in [1.82, 2.24) is 10.6 Å². The van der Waals surface area contributed by atoms with Gasteiger partial charge in [-0.15, -0.1) is 0 Å². The standard InChI is InChI=1S/C25H31NO4.C23H27NO4/c1-6-29-23(27)18(2)16-22(26-24(28)30-25(3,4)5)17-19-12-14-21(15-13-19)20-10-8-7-9-11-20;1-16(21(25)26)14-20(24-22(27)28-23(2,3)4)15-17-10-12-19(13-11-17)18-8-6-5-7-9-18/h7-16,22H,6,17H2,1-5H3,(H,26,28);5-14,20H,15H2,1-4H3,(H,24,27)(H,25,26)/b18-16+;16-14+/t22-;20-/m00/s1. The smallest absolute Gasteiger partial charge is 0.408 e. The number of alkyl carbamates (subject to hydrolysis) is 2. The largest absolute Gasteiger partial charge is 0.478 e. The van der Waals surface area contributed by atoms with E-state index in [2.05, 4.69) is 34.9 Å². The Bertz CT molecular complexity index is 1990. The van der Waals surface area contributed by atoms with Crippen LogP contribution < -0.4 is 10.6 Å². The number of nitrogens with one attached hydrogen (secondary N) is 2. The molecule has 10 nitrogen and oxygen atoms in total. The predicted molar refractivity (Wildman–Crippen MR) is 229 cm³/mol. The molecule has 2 atom stereocenters. The molecule has 0 heterocycles. The first-order valence-electron chi connectivity index (χ1n) is 19.4. The van der Waals surface area contributed by atoms with Crippen molar-refractivity contribution in [3.63, 3.8) is 0 Å². The zero-order chi connectivity index (χ0) is 42.9. The minimum atomic E-state index is -1.02. The first-order chi connectivity index (χ1) is 27.3. The van der Waals surface area contributed by atoms with Gasteiger partial charge in [-0.2, -0.15) is 0 Å². The maximum atomic E-state index is 12.3. The van der Waals surface area contributed by atoms with E-state index < -0.39 is 47.4 Å². The summed E-state index contributed by atoms with van der Waals surface area (Å²) in [4.78, 5) is 47.6. The zero-order valence-corrected chi connectivity index (χ0v) is 35.1. The molecule has 0 bridgehead atoms. The van der Waals surface area contributed by atoms with Crippen molar-refractivity contribution in [3.05, 3.63) is 144 Å². The van der Waals surface area contributed by atoms with Crippen molar-refractivity contribution in [3.8, 4) is 22.3 Å². The number of rotatable bonds is 13. The normalized spacial score (nSPS) is 12.8. The lowest BCUT2D eigenvalue weighted by Gasteiger charge is -2.23. The Hall–Kier alpha value is -6.16. The molecule has 0 aliphatic carbocycles. The van der Waals surface area contributed by atoms with Gasteiger partial charge in [0.2, 0.25) is 0 Å². The van der Waals surface area contributed by atoms with E-state index in [0.717, 1.165) is 33.4 Å². The van der Waals surface area contributed by atoms with E-state index in [-0.39, 0.29) is 5.57 Å². The summed E-state index contributed by atoms with van der Waals surface area (Å²) in [5.74, 6) is -1.41. The number of ether oxygens (including phenoxy) is 3. The van der Waals surface area contributed by atoms with E-state index in [9.17, 15) is 19.2 Å². The van der Waals surface area contributed by atoms with Crippen LogP contribution in [0.15, 0.2) is 132 Å². The number of benzene rings is 4. The summed E-state index contributed by atoms with van der Waals surface area (Å²) in [5.41, 5.74) is 5.88. The van der Waals surface area contributed by atoms with Crippen LogP contribution in [0.1, 0.15) is 73.4 Å². The molecule has 4 aromatic carbocycles. The molecule has 10 heteroatoms. The highest BCUT2D eigenvalue weighted by Gasteiger charge is 2.21. The van der Waals surface area contributed by atoms with Crippen LogP contribution in [0.4, 0.5) is 9.59 Å². The third kappa shape index (κ3) is 17.3. The molecular weight excluding hydrogens is 733 g/mol. The van der Waals surface area contributed by atoms with Crippen LogP contribution in [-0.4, -0.2) is 59.1 Å². The van der Waals surface area contributed by atoms with Gasteiger partial charge in [-0.3, -0.25) is 0 Å². The van der Waals surface area contributed by atoms with Crippen molar-refractivity contribution in [2.75, 3.05) is 6.61 Å². The summed E-state index contributed by atoms with van der Waals surface area (Å²) in [7, 11) is 0. The summed E-state index contributed by atoms with van der Waals surface area (Å²) >= 11 is 0.